The number of sulfonamides is 1. The summed E-state index contributed by atoms with van der Waals surface area (Å²) in [7, 11) is -3.95. The van der Waals surface area contributed by atoms with Crippen LogP contribution in [0.3, 0.4) is 0 Å². The maximum absolute atomic E-state index is 13.4. The van der Waals surface area contributed by atoms with Crippen molar-refractivity contribution in [2.75, 3.05) is 24.0 Å². The summed E-state index contributed by atoms with van der Waals surface area (Å²) < 4.78 is 39.5. The third-order valence-electron chi connectivity index (χ3n) is 5.31. The fourth-order valence-electron chi connectivity index (χ4n) is 3.44. The second-order valence-electron chi connectivity index (χ2n) is 7.96. The van der Waals surface area contributed by atoms with E-state index in [0.717, 1.165) is 15.4 Å². The molecule has 0 radical (unpaired) electrons. The lowest BCUT2D eigenvalue weighted by Gasteiger charge is -2.27. The number of ether oxygens (including phenoxy) is 2. The minimum atomic E-state index is -3.95. The minimum Gasteiger partial charge on any atom is -0.486 e. The first-order chi connectivity index (χ1) is 15.8. The molecule has 0 fully saturated rings. The third kappa shape index (κ3) is 5.28. The van der Waals surface area contributed by atoms with Gasteiger partial charge in [0.25, 0.3) is 10.0 Å². The lowest BCUT2D eigenvalue weighted by molar-refractivity contribution is -0.120. The number of anilines is 1. The number of fused-ring (bicyclic) bond motifs is 1. The van der Waals surface area contributed by atoms with Gasteiger partial charge in [-0.2, -0.15) is 0 Å². The Morgan fingerprint density at radius 1 is 0.939 bits per heavy atom. The smallest absolute Gasteiger partial charge is 0.264 e. The van der Waals surface area contributed by atoms with Crippen LogP contribution in [0.5, 0.6) is 11.5 Å². The van der Waals surface area contributed by atoms with Crippen molar-refractivity contribution in [1.29, 1.82) is 0 Å². The summed E-state index contributed by atoms with van der Waals surface area (Å²) in [5.74, 6) is 0.842. The van der Waals surface area contributed by atoms with Crippen LogP contribution in [-0.4, -0.2) is 40.1 Å². The monoisotopic (exact) mass is 466 g/mol. The van der Waals surface area contributed by atoms with Crippen LogP contribution in [0.25, 0.3) is 0 Å². The summed E-state index contributed by atoms with van der Waals surface area (Å²) in [5, 5.41) is 2.78. The molecule has 0 saturated heterocycles. The van der Waals surface area contributed by atoms with Crippen LogP contribution in [0.4, 0.5) is 5.69 Å². The van der Waals surface area contributed by atoms with Crippen LogP contribution < -0.4 is 19.1 Å². The molecule has 0 aliphatic carbocycles. The van der Waals surface area contributed by atoms with Crippen LogP contribution >= 0.6 is 0 Å². The number of benzene rings is 3. The predicted molar refractivity (Wildman–Crippen MR) is 126 cm³/mol. The van der Waals surface area contributed by atoms with Crippen molar-refractivity contribution in [1.82, 2.24) is 5.32 Å². The molecule has 172 valence electrons. The van der Waals surface area contributed by atoms with E-state index in [2.05, 4.69) is 5.32 Å². The fraction of sp³-hybridized carbons (Fsp3) is 0.240. The number of carbonyl (C=O) groups is 1. The predicted octanol–water partition coefficient (Wildman–Crippen LogP) is 3.45. The number of hydrogen-bond donors (Lipinski definition) is 1. The summed E-state index contributed by atoms with van der Waals surface area (Å²) in [6.07, 6.45) is -0.370. The van der Waals surface area contributed by atoms with E-state index in [9.17, 15) is 13.2 Å². The van der Waals surface area contributed by atoms with E-state index in [0.29, 0.717) is 23.8 Å². The van der Waals surface area contributed by atoms with E-state index in [1.165, 1.54) is 0 Å². The van der Waals surface area contributed by atoms with Gasteiger partial charge in [0.1, 0.15) is 19.3 Å². The Bertz CT molecular complexity index is 1220. The molecule has 1 aliphatic heterocycles. The summed E-state index contributed by atoms with van der Waals surface area (Å²) in [6.45, 7) is 3.93. The van der Waals surface area contributed by atoms with Crippen LogP contribution in [0.1, 0.15) is 11.1 Å². The topological polar surface area (TPSA) is 84.9 Å². The molecule has 3 aromatic carbocycles. The third-order valence-corrected chi connectivity index (χ3v) is 7.10. The largest absolute Gasteiger partial charge is 0.486 e. The standard InChI is InChI=1S/C25H26N2O5S/c1-18-7-11-20(12-8-18)27(33(29,30)22-13-9-19(2)10-14-22)16-25(28)26-15-21-17-31-23-5-3-4-6-24(23)32-21/h3-14,21H,15-17H2,1-2H3,(H,26,28). The SMILES string of the molecule is Cc1ccc(N(CC(=O)NCC2COc3ccccc3O2)S(=O)(=O)c2ccc(C)cc2)cc1. The second-order valence-corrected chi connectivity index (χ2v) is 9.82. The van der Waals surface area contributed by atoms with E-state index >= 15 is 0 Å². The molecule has 0 spiro atoms. The van der Waals surface area contributed by atoms with Crippen molar-refractivity contribution in [2.45, 2.75) is 24.8 Å². The number of aryl methyl sites for hydroxylation is 2. The quantitative estimate of drug-likeness (QED) is 0.577. The molecule has 1 amide bonds. The number of nitrogens with one attached hydrogen (secondary N) is 1. The van der Waals surface area contributed by atoms with Gasteiger partial charge < -0.3 is 14.8 Å². The molecule has 0 bridgehead atoms. The van der Waals surface area contributed by atoms with Gasteiger partial charge in [-0.15, -0.1) is 0 Å². The lowest BCUT2D eigenvalue weighted by Crippen LogP contribution is -2.45. The van der Waals surface area contributed by atoms with Crippen molar-refractivity contribution in [3.8, 4) is 11.5 Å². The highest BCUT2D eigenvalue weighted by molar-refractivity contribution is 7.92. The van der Waals surface area contributed by atoms with Crippen LogP contribution in [0.15, 0.2) is 77.7 Å². The highest BCUT2D eigenvalue weighted by atomic mass is 32.2. The van der Waals surface area contributed by atoms with Gasteiger partial charge in [-0.05, 0) is 50.2 Å². The highest BCUT2D eigenvalue weighted by Gasteiger charge is 2.28. The zero-order chi connectivity index (χ0) is 23.4. The van der Waals surface area contributed by atoms with Crippen LogP contribution in [0.2, 0.25) is 0 Å². The molecular formula is C25H26N2O5S. The number of carbonyl (C=O) groups excluding carboxylic acids is 1. The number of amides is 1. The first kappa shape index (κ1) is 22.7. The number of rotatable bonds is 7. The molecule has 8 heteroatoms. The first-order valence-electron chi connectivity index (χ1n) is 10.6. The maximum Gasteiger partial charge on any atom is 0.264 e. The molecule has 1 unspecified atom stereocenters. The van der Waals surface area contributed by atoms with Crippen molar-refractivity contribution in [3.05, 3.63) is 83.9 Å². The molecule has 0 aromatic heterocycles. The summed E-state index contributed by atoms with van der Waals surface area (Å²) in [5.41, 5.74) is 2.36. The van der Waals surface area contributed by atoms with Gasteiger partial charge in [0.2, 0.25) is 5.91 Å². The zero-order valence-electron chi connectivity index (χ0n) is 18.5. The highest BCUT2D eigenvalue weighted by Crippen LogP contribution is 2.30. The molecule has 1 N–H and O–H groups in total. The Hall–Kier alpha value is -3.52. The van der Waals surface area contributed by atoms with Gasteiger partial charge in [0, 0.05) is 0 Å². The molecule has 0 saturated carbocycles. The number of hydrogen-bond acceptors (Lipinski definition) is 5. The van der Waals surface area contributed by atoms with Gasteiger partial charge in [0.05, 0.1) is 17.1 Å². The van der Waals surface area contributed by atoms with E-state index < -0.39 is 15.9 Å². The van der Waals surface area contributed by atoms with Gasteiger partial charge in [-0.1, -0.05) is 47.5 Å². The average Bonchev–Trinajstić information content (AvgIpc) is 2.82. The van der Waals surface area contributed by atoms with Crippen molar-refractivity contribution in [2.24, 2.45) is 0 Å². The van der Waals surface area contributed by atoms with Gasteiger partial charge in [-0.3, -0.25) is 9.10 Å². The summed E-state index contributed by atoms with van der Waals surface area (Å²) in [6, 6.07) is 20.9. The molecule has 1 heterocycles. The molecule has 1 atom stereocenters. The second kappa shape index (κ2) is 9.54. The molecular weight excluding hydrogens is 440 g/mol. The van der Waals surface area contributed by atoms with Gasteiger partial charge in [-0.25, -0.2) is 8.42 Å². The zero-order valence-corrected chi connectivity index (χ0v) is 19.3. The van der Waals surface area contributed by atoms with Crippen molar-refractivity contribution < 1.29 is 22.7 Å². The van der Waals surface area contributed by atoms with Crippen molar-refractivity contribution in [3.63, 3.8) is 0 Å². The summed E-state index contributed by atoms with van der Waals surface area (Å²) >= 11 is 0. The van der Waals surface area contributed by atoms with E-state index in [4.69, 9.17) is 9.47 Å². The minimum absolute atomic E-state index is 0.127. The van der Waals surface area contributed by atoms with Gasteiger partial charge in [0.15, 0.2) is 11.5 Å². The van der Waals surface area contributed by atoms with Gasteiger partial charge >= 0.3 is 0 Å². The van der Waals surface area contributed by atoms with E-state index in [-0.39, 0.29) is 24.1 Å². The van der Waals surface area contributed by atoms with E-state index in [1.807, 2.05) is 44.2 Å². The molecule has 4 rings (SSSR count). The Kier molecular flexibility index (Phi) is 6.55. The normalized spacial score (nSPS) is 15.0. The van der Waals surface area contributed by atoms with E-state index in [1.54, 1.807) is 42.5 Å². The fourth-order valence-corrected chi connectivity index (χ4v) is 4.86. The Morgan fingerprint density at radius 2 is 1.55 bits per heavy atom. The lowest BCUT2D eigenvalue weighted by atomic mass is 10.2. The molecule has 1 aliphatic rings. The number of para-hydroxylation sites is 2. The molecule has 3 aromatic rings. The average molecular weight is 467 g/mol. The molecule has 33 heavy (non-hydrogen) atoms. The first-order valence-corrected chi connectivity index (χ1v) is 12.1. The van der Waals surface area contributed by atoms with Crippen molar-refractivity contribution >= 4 is 21.6 Å². The molecule has 7 nitrogen and oxygen atoms in total. The Morgan fingerprint density at radius 3 is 2.21 bits per heavy atom. The number of nitrogens with zero attached hydrogens (tertiary/aromatic N) is 1. The Balaban J connectivity index is 1.49. The maximum atomic E-state index is 13.4. The summed E-state index contributed by atoms with van der Waals surface area (Å²) in [4.78, 5) is 12.9. The van der Waals surface area contributed by atoms with Crippen LogP contribution in [0, 0.1) is 13.8 Å². The Labute approximate surface area is 194 Å². The van der Waals surface area contributed by atoms with Crippen LogP contribution in [-0.2, 0) is 14.8 Å².